The first-order valence-electron chi connectivity index (χ1n) is 4.92. The maximum Gasteiger partial charge on any atom is 0.106 e. The van der Waals surface area contributed by atoms with Crippen LogP contribution in [0.2, 0.25) is 0 Å². The van der Waals surface area contributed by atoms with E-state index in [2.05, 4.69) is 48.6 Å². The van der Waals surface area contributed by atoms with E-state index in [1.54, 1.807) is 0 Å². The van der Waals surface area contributed by atoms with Crippen LogP contribution in [0, 0.1) is 0 Å². The summed E-state index contributed by atoms with van der Waals surface area (Å²) in [7, 11) is 0. The molecule has 0 aromatic heterocycles. The molecule has 84 valence electrons. The summed E-state index contributed by atoms with van der Waals surface area (Å²) in [6, 6.07) is 0. The van der Waals surface area contributed by atoms with Crippen LogP contribution in [0.25, 0.3) is 0 Å². The zero-order chi connectivity index (χ0) is 10.5. The Morgan fingerprint density at radius 2 is 0.800 bits per heavy atom. The van der Waals surface area contributed by atoms with Gasteiger partial charge in [0.25, 0.3) is 0 Å². The van der Waals surface area contributed by atoms with Crippen LogP contribution in [-0.4, -0.2) is 6.79 Å². The predicted octanol–water partition coefficient (Wildman–Crippen LogP) is 3.60. The molecule has 2 heteroatoms. The van der Waals surface area contributed by atoms with Gasteiger partial charge in [0.2, 0.25) is 0 Å². The number of rotatable bonds is 0. The minimum Gasteiger partial charge on any atom is -0.307 e. The van der Waals surface area contributed by atoms with Crippen LogP contribution in [0.1, 0.15) is 25.7 Å². The maximum absolute atomic E-state index is 8.00. The maximum atomic E-state index is 8.00. The molecule has 0 heterocycles. The van der Waals surface area contributed by atoms with Gasteiger partial charge in [0.1, 0.15) is 6.79 Å². The van der Waals surface area contributed by atoms with Crippen molar-refractivity contribution in [1.29, 1.82) is 0 Å². The summed E-state index contributed by atoms with van der Waals surface area (Å²) in [6.07, 6.45) is 22.0. The van der Waals surface area contributed by atoms with E-state index in [9.17, 15) is 0 Å². The molecule has 15 heavy (non-hydrogen) atoms. The Bertz CT molecular complexity index is 179. The second kappa shape index (κ2) is 15.7. The molecule has 1 nitrogen and oxygen atoms in total. The molecule has 0 N–H and O–H groups in total. The van der Waals surface area contributed by atoms with Crippen LogP contribution in [0.15, 0.2) is 48.6 Å². The van der Waals surface area contributed by atoms with Gasteiger partial charge in [0.15, 0.2) is 0 Å². The van der Waals surface area contributed by atoms with Crippen molar-refractivity contribution in [2.45, 2.75) is 25.7 Å². The van der Waals surface area contributed by atoms with E-state index in [0.29, 0.717) is 0 Å². The van der Waals surface area contributed by atoms with Gasteiger partial charge < -0.3 is 4.79 Å². The van der Waals surface area contributed by atoms with Gasteiger partial charge in [-0.3, -0.25) is 0 Å². The van der Waals surface area contributed by atoms with E-state index >= 15 is 0 Å². The number of carbonyl (C=O) groups is 1. The van der Waals surface area contributed by atoms with Crippen molar-refractivity contribution in [2.24, 2.45) is 0 Å². The minimum atomic E-state index is 0. The first-order valence-corrected chi connectivity index (χ1v) is 4.92. The second-order valence-corrected chi connectivity index (χ2v) is 2.87. The van der Waals surface area contributed by atoms with E-state index in [1.165, 1.54) is 25.7 Å². The van der Waals surface area contributed by atoms with Crippen molar-refractivity contribution in [3.8, 4) is 0 Å². The quantitative estimate of drug-likeness (QED) is 0.623. The Labute approximate surface area is 105 Å². The molecular weight excluding hydrogens is 273 g/mol. The molecule has 2 aliphatic rings. The van der Waals surface area contributed by atoms with Crippen molar-refractivity contribution in [2.75, 3.05) is 0 Å². The monoisotopic (exact) mass is 292 g/mol. The van der Waals surface area contributed by atoms with Gasteiger partial charge in [0, 0.05) is 19.5 Å². The fourth-order valence-corrected chi connectivity index (χ4v) is 1.08. The number of allylic oxidation sites excluding steroid dienone is 8. The standard InChI is InChI=1S/2C6H8.CH2O.Ru/c2*1-2-4-6-5-3-1;1-2;/h2*1-4H,5-6H2;1H2;. The molecule has 0 aromatic rings. The van der Waals surface area contributed by atoms with Crippen LogP contribution in [-0.2, 0) is 24.3 Å². The molecule has 0 amide bonds. The van der Waals surface area contributed by atoms with Gasteiger partial charge in [-0.25, -0.2) is 0 Å². The summed E-state index contributed by atoms with van der Waals surface area (Å²) in [5, 5.41) is 0. The first kappa shape index (κ1) is 16.7. The van der Waals surface area contributed by atoms with Crippen LogP contribution in [0.3, 0.4) is 0 Å². The van der Waals surface area contributed by atoms with Gasteiger partial charge >= 0.3 is 0 Å². The number of hydrogen-bond donors (Lipinski definition) is 0. The zero-order valence-corrected chi connectivity index (χ0v) is 10.7. The van der Waals surface area contributed by atoms with Crippen molar-refractivity contribution in [3.63, 3.8) is 0 Å². The summed E-state index contributed by atoms with van der Waals surface area (Å²) in [6.45, 7) is 2.00. The minimum absolute atomic E-state index is 0. The second-order valence-electron chi connectivity index (χ2n) is 2.87. The molecule has 0 spiro atoms. The van der Waals surface area contributed by atoms with Gasteiger partial charge in [-0.2, -0.15) is 0 Å². The van der Waals surface area contributed by atoms with Gasteiger partial charge in [0.05, 0.1) is 0 Å². The molecule has 0 unspecified atom stereocenters. The fourth-order valence-electron chi connectivity index (χ4n) is 1.08. The largest absolute Gasteiger partial charge is 0.307 e. The van der Waals surface area contributed by atoms with Gasteiger partial charge in [-0.05, 0) is 25.7 Å². The van der Waals surface area contributed by atoms with E-state index < -0.39 is 0 Å². The van der Waals surface area contributed by atoms with E-state index in [0.717, 1.165) is 0 Å². The average molecular weight is 291 g/mol. The topological polar surface area (TPSA) is 17.1 Å². The molecule has 2 rings (SSSR count). The molecule has 0 fully saturated rings. The van der Waals surface area contributed by atoms with Gasteiger partial charge in [-0.1, -0.05) is 48.6 Å². The Hall–Kier alpha value is -0.747. The van der Waals surface area contributed by atoms with Crippen molar-refractivity contribution >= 4 is 6.79 Å². The van der Waals surface area contributed by atoms with Crippen LogP contribution < -0.4 is 0 Å². The third kappa shape index (κ3) is 13.3. The van der Waals surface area contributed by atoms with Crippen molar-refractivity contribution < 1.29 is 24.3 Å². The summed E-state index contributed by atoms with van der Waals surface area (Å²) in [5.74, 6) is 0. The summed E-state index contributed by atoms with van der Waals surface area (Å²) in [5.41, 5.74) is 0. The van der Waals surface area contributed by atoms with Crippen LogP contribution >= 0.6 is 0 Å². The normalized spacial score (nSPS) is 15.2. The molecule has 0 saturated heterocycles. The Morgan fingerprint density at radius 1 is 0.600 bits per heavy atom. The van der Waals surface area contributed by atoms with Crippen LogP contribution in [0.4, 0.5) is 0 Å². The molecule has 0 aliphatic heterocycles. The van der Waals surface area contributed by atoms with E-state index in [-0.39, 0.29) is 19.5 Å². The summed E-state index contributed by atoms with van der Waals surface area (Å²) < 4.78 is 0. The molecule has 0 radical (unpaired) electrons. The molecule has 2 aliphatic carbocycles. The summed E-state index contributed by atoms with van der Waals surface area (Å²) in [4.78, 5) is 8.00. The Balaban J connectivity index is 0. The number of hydrogen-bond acceptors (Lipinski definition) is 1. The van der Waals surface area contributed by atoms with Crippen molar-refractivity contribution in [1.82, 2.24) is 0 Å². The molecule has 0 saturated carbocycles. The molecular formula is C13H18ORu. The van der Waals surface area contributed by atoms with E-state index in [1.807, 2.05) is 6.79 Å². The van der Waals surface area contributed by atoms with Crippen molar-refractivity contribution in [3.05, 3.63) is 48.6 Å². The SMILES string of the molecule is C1=CCCC=C1.C1=CCCC=C1.C=O.[Ru]. The average Bonchev–Trinajstić information content (AvgIpc) is 2.37. The zero-order valence-electron chi connectivity index (χ0n) is 8.92. The molecule has 0 bridgehead atoms. The Kier molecular flexibility index (Phi) is 17.5. The van der Waals surface area contributed by atoms with E-state index in [4.69, 9.17) is 4.79 Å². The third-order valence-corrected chi connectivity index (χ3v) is 1.77. The third-order valence-electron chi connectivity index (χ3n) is 1.77. The predicted molar refractivity (Wildman–Crippen MR) is 62.1 cm³/mol. The smallest absolute Gasteiger partial charge is 0.106 e. The fraction of sp³-hybridized carbons (Fsp3) is 0.308. The van der Waals surface area contributed by atoms with Crippen LogP contribution in [0.5, 0.6) is 0 Å². The molecule has 0 atom stereocenters. The van der Waals surface area contributed by atoms with Gasteiger partial charge in [-0.15, -0.1) is 0 Å². The number of carbonyl (C=O) groups excluding carboxylic acids is 1. The summed E-state index contributed by atoms with van der Waals surface area (Å²) >= 11 is 0. The first-order chi connectivity index (χ1) is 7.00. The molecule has 0 aromatic carbocycles. The Morgan fingerprint density at radius 3 is 0.867 bits per heavy atom.